The molecule has 1 atom stereocenters. The Hall–Kier alpha value is -1.06. The van der Waals surface area contributed by atoms with E-state index in [0.717, 1.165) is 12.2 Å². The molecule has 0 aliphatic heterocycles. The van der Waals surface area contributed by atoms with Crippen molar-refractivity contribution in [1.29, 1.82) is 0 Å². The molecule has 1 aromatic carbocycles. The van der Waals surface area contributed by atoms with Crippen LogP contribution >= 0.6 is 0 Å². The van der Waals surface area contributed by atoms with Crippen molar-refractivity contribution in [2.75, 3.05) is 13.2 Å². The fraction of sp³-hybridized carbons (Fsp3) is 0.600. The molecule has 1 aromatic rings. The number of ether oxygens (including phenoxy) is 1. The summed E-state index contributed by atoms with van der Waals surface area (Å²) in [6, 6.07) is 2.09. The molecule has 0 radical (unpaired) electrons. The molecule has 0 saturated carbocycles. The van der Waals surface area contributed by atoms with E-state index in [1.54, 1.807) is 0 Å². The fourth-order valence-corrected chi connectivity index (χ4v) is 2.22. The van der Waals surface area contributed by atoms with Gasteiger partial charge in [-0.15, -0.1) is 0 Å². The van der Waals surface area contributed by atoms with Crippen molar-refractivity contribution in [1.82, 2.24) is 0 Å². The minimum absolute atomic E-state index is 0.327. The van der Waals surface area contributed by atoms with Crippen LogP contribution in [0.15, 0.2) is 6.07 Å². The molecule has 3 nitrogen and oxygen atoms in total. The van der Waals surface area contributed by atoms with Crippen LogP contribution in [0.25, 0.3) is 0 Å². The highest BCUT2D eigenvalue weighted by Crippen LogP contribution is 2.28. The standard InChI is InChI=1S/C15H25NO2/c1-5-18-15-8-10(2)14(11(3)12(15)4)7-6-13(17)9-16/h8,13,17H,5-7,9,16H2,1-4H3. The molecular formula is C15H25NO2. The van der Waals surface area contributed by atoms with Gasteiger partial charge in [-0.1, -0.05) is 0 Å². The maximum atomic E-state index is 9.56. The molecule has 1 rings (SSSR count). The quantitative estimate of drug-likeness (QED) is 0.815. The molecule has 0 bridgehead atoms. The van der Waals surface area contributed by atoms with Crippen LogP contribution in [0, 0.1) is 20.8 Å². The smallest absolute Gasteiger partial charge is 0.122 e. The van der Waals surface area contributed by atoms with E-state index in [9.17, 15) is 5.11 Å². The van der Waals surface area contributed by atoms with Crippen LogP contribution in [-0.4, -0.2) is 24.4 Å². The Morgan fingerprint density at radius 3 is 2.50 bits per heavy atom. The van der Waals surface area contributed by atoms with E-state index >= 15 is 0 Å². The summed E-state index contributed by atoms with van der Waals surface area (Å²) in [5.41, 5.74) is 10.4. The molecule has 3 N–H and O–H groups in total. The molecule has 102 valence electrons. The molecule has 3 heteroatoms. The highest BCUT2D eigenvalue weighted by molar-refractivity contribution is 5.48. The predicted octanol–water partition coefficient (Wildman–Crippen LogP) is 2.26. The van der Waals surface area contributed by atoms with Gasteiger partial charge in [-0.3, -0.25) is 0 Å². The van der Waals surface area contributed by atoms with Crippen molar-refractivity contribution < 1.29 is 9.84 Å². The number of nitrogens with two attached hydrogens (primary N) is 1. The van der Waals surface area contributed by atoms with Gasteiger partial charge in [0.05, 0.1) is 12.7 Å². The molecule has 18 heavy (non-hydrogen) atoms. The van der Waals surface area contributed by atoms with Crippen LogP contribution in [0.5, 0.6) is 5.75 Å². The van der Waals surface area contributed by atoms with Crippen molar-refractivity contribution in [3.8, 4) is 5.75 Å². The van der Waals surface area contributed by atoms with Crippen LogP contribution in [-0.2, 0) is 6.42 Å². The SMILES string of the molecule is CCOc1cc(C)c(CCC(O)CN)c(C)c1C. The van der Waals surface area contributed by atoms with Crippen LogP contribution < -0.4 is 10.5 Å². The normalized spacial score (nSPS) is 12.6. The number of benzene rings is 1. The summed E-state index contributed by atoms with van der Waals surface area (Å²) < 4.78 is 5.63. The van der Waals surface area contributed by atoms with E-state index in [1.165, 1.54) is 22.3 Å². The summed E-state index contributed by atoms with van der Waals surface area (Å²) in [5.74, 6) is 0.968. The predicted molar refractivity (Wildman–Crippen MR) is 75.2 cm³/mol. The van der Waals surface area contributed by atoms with Gasteiger partial charge in [0.2, 0.25) is 0 Å². The first-order valence-electron chi connectivity index (χ1n) is 6.61. The summed E-state index contributed by atoms with van der Waals surface area (Å²) in [5, 5.41) is 9.56. The Morgan fingerprint density at radius 2 is 1.94 bits per heavy atom. The summed E-state index contributed by atoms with van der Waals surface area (Å²) in [7, 11) is 0. The lowest BCUT2D eigenvalue weighted by atomic mass is 9.93. The van der Waals surface area contributed by atoms with Gasteiger partial charge in [-0.25, -0.2) is 0 Å². The minimum Gasteiger partial charge on any atom is -0.494 e. The lowest BCUT2D eigenvalue weighted by molar-refractivity contribution is 0.173. The third kappa shape index (κ3) is 3.47. The second kappa shape index (κ2) is 6.76. The van der Waals surface area contributed by atoms with Gasteiger partial charge in [0, 0.05) is 6.54 Å². The van der Waals surface area contributed by atoms with Gasteiger partial charge in [-0.2, -0.15) is 0 Å². The van der Waals surface area contributed by atoms with Crippen LogP contribution in [0.1, 0.15) is 35.6 Å². The lowest BCUT2D eigenvalue weighted by Gasteiger charge is -2.17. The second-order valence-corrected chi connectivity index (χ2v) is 4.78. The summed E-state index contributed by atoms with van der Waals surface area (Å²) in [4.78, 5) is 0. The van der Waals surface area contributed by atoms with E-state index in [4.69, 9.17) is 10.5 Å². The molecule has 0 fully saturated rings. The first-order chi connectivity index (χ1) is 8.51. The number of aliphatic hydroxyl groups excluding tert-OH is 1. The molecular weight excluding hydrogens is 226 g/mol. The first-order valence-corrected chi connectivity index (χ1v) is 6.61. The number of rotatable bonds is 6. The Bertz CT molecular complexity index is 402. The van der Waals surface area contributed by atoms with E-state index in [1.807, 2.05) is 6.92 Å². The van der Waals surface area contributed by atoms with E-state index in [2.05, 4.69) is 26.8 Å². The number of aryl methyl sites for hydroxylation is 1. The van der Waals surface area contributed by atoms with Gasteiger partial charge in [0.1, 0.15) is 5.75 Å². The number of hydrogen-bond donors (Lipinski definition) is 2. The van der Waals surface area contributed by atoms with Crippen LogP contribution in [0.3, 0.4) is 0 Å². The van der Waals surface area contributed by atoms with Crippen molar-refractivity contribution in [3.63, 3.8) is 0 Å². The molecule has 0 saturated heterocycles. The van der Waals surface area contributed by atoms with Crippen LogP contribution in [0.4, 0.5) is 0 Å². The van der Waals surface area contributed by atoms with E-state index < -0.39 is 6.10 Å². The zero-order valence-electron chi connectivity index (χ0n) is 11.9. The minimum atomic E-state index is -0.407. The third-order valence-corrected chi connectivity index (χ3v) is 3.51. The number of hydrogen-bond acceptors (Lipinski definition) is 3. The van der Waals surface area contributed by atoms with Gasteiger partial charge >= 0.3 is 0 Å². The Kier molecular flexibility index (Phi) is 5.63. The highest BCUT2D eigenvalue weighted by Gasteiger charge is 2.12. The van der Waals surface area contributed by atoms with E-state index in [0.29, 0.717) is 19.6 Å². The topological polar surface area (TPSA) is 55.5 Å². The third-order valence-electron chi connectivity index (χ3n) is 3.51. The Balaban J connectivity index is 2.95. The van der Waals surface area contributed by atoms with Gasteiger partial charge < -0.3 is 15.6 Å². The van der Waals surface area contributed by atoms with Crippen molar-refractivity contribution in [2.24, 2.45) is 5.73 Å². The zero-order valence-corrected chi connectivity index (χ0v) is 11.9. The molecule has 0 aliphatic carbocycles. The monoisotopic (exact) mass is 251 g/mol. The molecule has 0 spiro atoms. The summed E-state index contributed by atoms with van der Waals surface area (Å²) in [6.45, 7) is 9.31. The Labute approximate surface area is 110 Å². The maximum absolute atomic E-state index is 9.56. The average Bonchev–Trinajstić information content (AvgIpc) is 2.35. The molecule has 0 aliphatic rings. The van der Waals surface area contributed by atoms with Crippen molar-refractivity contribution in [3.05, 3.63) is 28.3 Å². The lowest BCUT2D eigenvalue weighted by Crippen LogP contribution is -2.20. The van der Waals surface area contributed by atoms with Crippen LogP contribution in [0.2, 0.25) is 0 Å². The fourth-order valence-electron chi connectivity index (χ4n) is 2.22. The molecule has 0 heterocycles. The van der Waals surface area contributed by atoms with E-state index in [-0.39, 0.29) is 0 Å². The molecule has 1 unspecified atom stereocenters. The van der Waals surface area contributed by atoms with Crippen molar-refractivity contribution in [2.45, 2.75) is 46.6 Å². The Morgan fingerprint density at radius 1 is 1.28 bits per heavy atom. The molecule has 0 amide bonds. The largest absolute Gasteiger partial charge is 0.494 e. The number of aliphatic hydroxyl groups is 1. The van der Waals surface area contributed by atoms with Gasteiger partial charge in [-0.05, 0) is 68.9 Å². The first kappa shape index (κ1) is 15.0. The average molecular weight is 251 g/mol. The highest BCUT2D eigenvalue weighted by atomic mass is 16.5. The van der Waals surface area contributed by atoms with Gasteiger partial charge in [0.15, 0.2) is 0 Å². The maximum Gasteiger partial charge on any atom is 0.122 e. The van der Waals surface area contributed by atoms with Gasteiger partial charge in [0.25, 0.3) is 0 Å². The molecule has 0 aromatic heterocycles. The zero-order chi connectivity index (χ0) is 13.7. The summed E-state index contributed by atoms with van der Waals surface area (Å²) in [6.07, 6.45) is 1.17. The second-order valence-electron chi connectivity index (χ2n) is 4.78. The van der Waals surface area contributed by atoms with Crippen molar-refractivity contribution >= 4 is 0 Å². The summed E-state index contributed by atoms with van der Waals surface area (Å²) >= 11 is 0.